The summed E-state index contributed by atoms with van der Waals surface area (Å²) < 4.78 is 19.1. The minimum atomic E-state index is -0.346. The van der Waals surface area contributed by atoms with E-state index in [1.807, 2.05) is 24.3 Å². The van der Waals surface area contributed by atoms with E-state index in [-0.39, 0.29) is 35.5 Å². The third-order valence-electron chi connectivity index (χ3n) is 3.51. The molecule has 1 aromatic heterocycles. The van der Waals surface area contributed by atoms with Gasteiger partial charge in [-0.15, -0.1) is 35.3 Å². The Kier molecular flexibility index (Phi) is 10.5. The molecule has 2 rings (SSSR count). The molecule has 0 aliphatic rings. The number of guanidine groups is 1. The molecule has 1 aromatic carbocycles. The first-order chi connectivity index (χ1) is 12.1. The van der Waals surface area contributed by atoms with E-state index in [0.29, 0.717) is 19.7 Å². The minimum absolute atomic E-state index is 0. The van der Waals surface area contributed by atoms with Crippen LogP contribution in [0.3, 0.4) is 0 Å². The lowest BCUT2D eigenvalue weighted by molar-refractivity contribution is 0.270. The molecule has 2 aromatic rings. The Labute approximate surface area is 175 Å². The summed E-state index contributed by atoms with van der Waals surface area (Å²) >= 11 is 1.67. The summed E-state index contributed by atoms with van der Waals surface area (Å²) in [7, 11) is 1.94. The van der Waals surface area contributed by atoms with Crippen LogP contribution in [0.25, 0.3) is 0 Å². The number of hydrogen-bond acceptors (Lipinski definition) is 4. The predicted octanol–water partition coefficient (Wildman–Crippen LogP) is 3.94. The molecule has 0 atom stereocenters. The van der Waals surface area contributed by atoms with Crippen molar-refractivity contribution >= 4 is 41.3 Å². The second-order valence-electron chi connectivity index (χ2n) is 5.46. The molecule has 0 aliphatic heterocycles. The van der Waals surface area contributed by atoms with Gasteiger partial charge in [-0.2, -0.15) is 0 Å². The largest absolute Gasteiger partial charge is 0.489 e. The average Bonchev–Trinajstić information content (AvgIpc) is 3.08. The molecule has 0 unspecified atom stereocenters. The van der Waals surface area contributed by atoms with Crippen molar-refractivity contribution in [3.05, 3.63) is 46.2 Å². The van der Waals surface area contributed by atoms with Crippen LogP contribution < -0.4 is 10.1 Å². The smallest absolute Gasteiger partial charge is 0.194 e. The molecular weight excluding hydrogens is 466 g/mol. The number of benzene rings is 1. The van der Waals surface area contributed by atoms with Crippen molar-refractivity contribution in [2.75, 3.05) is 26.7 Å². The van der Waals surface area contributed by atoms with E-state index in [2.05, 4.69) is 22.2 Å². The van der Waals surface area contributed by atoms with E-state index in [4.69, 9.17) is 4.74 Å². The van der Waals surface area contributed by atoms with Crippen LogP contribution in [-0.2, 0) is 13.0 Å². The maximum absolute atomic E-state index is 13.6. The molecule has 0 bridgehead atoms. The van der Waals surface area contributed by atoms with E-state index in [1.54, 1.807) is 29.5 Å². The molecular formula is C18H26FIN4OS. The fourth-order valence-electron chi connectivity index (χ4n) is 2.17. The number of thiazole rings is 1. The number of hydrogen-bond donors (Lipinski definition) is 1. The first-order valence-corrected chi connectivity index (χ1v) is 9.32. The maximum Gasteiger partial charge on any atom is 0.194 e. The molecule has 1 heterocycles. The number of aromatic nitrogens is 1. The number of rotatable bonds is 8. The van der Waals surface area contributed by atoms with E-state index in [1.165, 1.54) is 6.07 Å². The SMILES string of the molecule is CCNC(=NCc1csc(CC)n1)N(C)CCOc1ccccc1F.I. The van der Waals surface area contributed by atoms with Crippen LogP contribution in [0, 0.1) is 5.82 Å². The van der Waals surface area contributed by atoms with Gasteiger partial charge in [0.1, 0.15) is 6.61 Å². The highest BCUT2D eigenvalue weighted by Gasteiger charge is 2.08. The Bertz CT molecular complexity index is 695. The molecule has 144 valence electrons. The van der Waals surface area contributed by atoms with Crippen LogP contribution in [0.15, 0.2) is 34.6 Å². The van der Waals surface area contributed by atoms with Crippen LogP contribution in [0.1, 0.15) is 24.5 Å². The highest BCUT2D eigenvalue weighted by atomic mass is 127. The van der Waals surface area contributed by atoms with E-state index in [9.17, 15) is 4.39 Å². The lowest BCUT2D eigenvalue weighted by Crippen LogP contribution is -2.40. The van der Waals surface area contributed by atoms with Crippen LogP contribution in [-0.4, -0.2) is 42.6 Å². The van der Waals surface area contributed by atoms with Gasteiger partial charge in [0, 0.05) is 19.0 Å². The van der Waals surface area contributed by atoms with Gasteiger partial charge < -0.3 is 15.0 Å². The highest BCUT2D eigenvalue weighted by Crippen LogP contribution is 2.15. The minimum Gasteiger partial charge on any atom is -0.489 e. The van der Waals surface area contributed by atoms with E-state index in [0.717, 1.165) is 29.6 Å². The zero-order valence-electron chi connectivity index (χ0n) is 15.4. The Morgan fingerprint density at radius 2 is 2.12 bits per heavy atom. The third-order valence-corrected chi connectivity index (χ3v) is 4.55. The molecule has 0 aliphatic carbocycles. The standard InChI is InChI=1S/C18H25FN4OS.HI/c1-4-17-22-14(13-25-17)12-21-18(20-5-2)23(3)10-11-24-16-9-7-6-8-15(16)19;/h6-9,13H,4-5,10-12H2,1-3H3,(H,20,21);1H. The summed E-state index contributed by atoms with van der Waals surface area (Å²) in [5.41, 5.74) is 0.980. The Balaban J connectivity index is 0.00000338. The van der Waals surface area contributed by atoms with Gasteiger partial charge in [-0.05, 0) is 25.5 Å². The normalized spacial score (nSPS) is 11.0. The van der Waals surface area contributed by atoms with Crippen LogP contribution in [0.2, 0.25) is 0 Å². The average molecular weight is 492 g/mol. The number of aryl methyl sites for hydroxylation is 1. The highest BCUT2D eigenvalue weighted by molar-refractivity contribution is 14.0. The van der Waals surface area contributed by atoms with Crippen molar-refractivity contribution in [2.24, 2.45) is 4.99 Å². The van der Waals surface area contributed by atoms with Crippen LogP contribution in [0.4, 0.5) is 4.39 Å². The molecule has 0 fully saturated rings. The van der Waals surface area contributed by atoms with Gasteiger partial charge in [0.05, 0.1) is 23.8 Å². The lowest BCUT2D eigenvalue weighted by Gasteiger charge is -2.22. The van der Waals surface area contributed by atoms with Crippen LogP contribution >= 0.6 is 35.3 Å². The van der Waals surface area contributed by atoms with Crippen molar-refractivity contribution in [3.8, 4) is 5.75 Å². The van der Waals surface area contributed by atoms with Gasteiger partial charge in [0.15, 0.2) is 17.5 Å². The zero-order valence-corrected chi connectivity index (χ0v) is 18.5. The summed E-state index contributed by atoms with van der Waals surface area (Å²) in [6.45, 7) is 6.40. The number of nitrogens with zero attached hydrogens (tertiary/aromatic N) is 3. The van der Waals surface area contributed by atoms with Gasteiger partial charge in [-0.25, -0.2) is 14.4 Å². The summed E-state index contributed by atoms with van der Waals surface area (Å²) in [5.74, 6) is 0.707. The van der Waals surface area contributed by atoms with Crippen molar-refractivity contribution in [1.29, 1.82) is 0 Å². The first kappa shape index (κ1) is 22.6. The van der Waals surface area contributed by atoms with Gasteiger partial charge in [0.25, 0.3) is 0 Å². The number of nitrogens with one attached hydrogen (secondary N) is 1. The molecule has 0 amide bonds. The molecule has 0 saturated carbocycles. The first-order valence-electron chi connectivity index (χ1n) is 8.44. The topological polar surface area (TPSA) is 49.8 Å². The number of ether oxygens (including phenoxy) is 1. The van der Waals surface area contributed by atoms with Crippen LogP contribution in [0.5, 0.6) is 5.75 Å². The van der Waals surface area contributed by atoms with Crippen molar-refractivity contribution in [2.45, 2.75) is 26.8 Å². The number of aliphatic imine (C=N–C) groups is 1. The molecule has 26 heavy (non-hydrogen) atoms. The van der Waals surface area contributed by atoms with Gasteiger partial charge in [-0.3, -0.25) is 0 Å². The van der Waals surface area contributed by atoms with E-state index < -0.39 is 0 Å². The monoisotopic (exact) mass is 492 g/mol. The zero-order chi connectivity index (χ0) is 18.1. The quantitative estimate of drug-likeness (QED) is 0.345. The fourth-order valence-corrected chi connectivity index (χ4v) is 2.91. The molecule has 1 N–H and O–H groups in total. The number of halogens is 2. The Hall–Kier alpha value is -1.42. The number of para-hydroxylation sites is 1. The van der Waals surface area contributed by atoms with Gasteiger partial charge in [-0.1, -0.05) is 19.1 Å². The van der Waals surface area contributed by atoms with Crippen molar-refractivity contribution < 1.29 is 9.13 Å². The molecule has 5 nitrogen and oxygen atoms in total. The van der Waals surface area contributed by atoms with E-state index >= 15 is 0 Å². The molecule has 8 heteroatoms. The summed E-state index contributed by atoms with van der Waals surface area (Å²) in [6.07, 6.45) is 0.946. The second-order valence-corrected chi connectivity index (χ2v) is 6.40. The molecule has 0 saturated heterocycles. The predicted molar refractivity (Wildman–Crippen MR) is 116 cm³/mol. The van der Waals surface area contributed by atoms with Crippen molar-refractivity contribution in [3.63, 3.8) is 0 Å². The fraction of sp³-hybridized carbons (Fsp3) is 0.444. The lowest BCUT2D eigenvalue weighted by atomic mass is 10.3. The molecule has 0 radical (unpaired) electrons. The Morgan fingerprint density at radius 3 is 2.77 bits per heavy atom. The molecule has 0 spiro atoms. The maximum atomic E-state index is 13.6. The Morgan fingerprint density at radius 1 is 1.35 bits per heavy atom. The summed E-state index contributed by atoms with van der Waals surface area (Å²) in [4.78, 5) is 11.1. The summed E-state index contributed by atoms with van der Waals surface area (Å²) in [5, 5.41) is 6.43. The third kappa shape index (κ3) is 7.06. The number of likely N-dealkylation sites (N-methyl/N-ethyl adjacent to an activating group) is 1. The van der Waals surface area contributed by atoms with Gasteiger partial charge in [0.2, 0.25) is 0 Å². The summed E-state index contributed by atoms with van der Waals surface area (Å²) in [6, 6.07) is 6.42. The van der Waals surface area contributed by atoms with Crippen molar-refractivity contribution in [1.82, 2.24) is 15.2 Å². The second kappa shape index (κ2) is 12.1. The van der Waals surface area contributed by atoms with Gasteiger partial charge >= 0.3 is 0 Å².